The summed E-state index contributed by atoms with van der Waals surface area (Å²) < 4.78 is 0. The Labute approximate surface area is 158 Å². The third-order valence-electron chi connectivity index (χ3n) is 4.50. The fraction of sp³-hybridized carbons (Fsp3) is 0.286. The number of carbonyl (C=O) groups is 3. The van der Waals surface area contributed by atoms with Crippen molar-refractivity contribution in [2.45, 2.75) is 27.7 Å². The lowest BCUT2D eigenvalue weighted by Gasteiger charge is -2.15. The molecule has 0 fully saturated rings. The summed E-state index contributed by atoms with van der Waals surface area (Å²) in [6.07, 6.45) is 0. The van der Waals surface area contributed by atoms with Crippen molar-refractivity contribution >= 4 is 29.2 Å². The lowest BCUT2D eigenvalue weighted by molar-refractivity contribution is 0.0636. The van der Waals surface area contributed by atoms with Crippen molar-refractivity contribution in [3.63, 3.8) is 0 Å². The molecular weight excluding hydrogens is 342 g/mol. The number of anilines is 2. The van der Waals surface area contributed by atoms with E-state index in [4.69, 9.17) is 0 Å². The first-order valence-electron chi connectivity index (χ1n) is 8.92. The highest BCUT2D eigenvalue weighted by Crippen LogP contribution is 2.27. The first kappa shape index (κ1) is 18.6. The van der Waals surface area contributed by atoms with Crippen LogP contribution in [0.5, 0.6) is 0 Å². The number of urea groups is 1. The van der Waals surface area contributed by atoms with Gasteiger partial charge >= 0.3 is 6.03 Å². The van der Waals surface area contributed by atoms with Crippen molar-refractivity contribution in [1.29, 1.82) is 0 Å². The summed E-state index contributed by atoms with van der Waals surface area (Å²) in [5, 5.41) is 5.57. The molecule has 1 aliphatic rings. The van der Waals surface area contributed by atoms with E-state index in [1.807, 2.05) is 45.9 Å². The van der Waals surface area contributed by atoms with Gasteiger partial charge in [-0.25, -0.2) is 4.79 Å². The lowest BCUT2D eigenvalue weighted by atomic mass is 10.1. The molecule has 0 bridgehead atoms. The molecule has 2 N–H and O–H groups in total. The van der Waals surface area contributed by atoms with Gasteiger partial charge in [-0.3, -0.25) is 14.5 Å². The number of fused-ring (bicyclic) bond motifs is 1. The number of aryl methyl sites for hydroxylation is 2. The third-order valence-corrected chi connectivity index (χ3v) is 4.50. The number of nitrogens with one attached hydrogen (secondary N) is 2. The highest BCUT2D eigenvalue weighted by Gasteiger charge is 2.35. The molecule has 0 saturated heterocycles. The number of rotatable bonds is 4. The molecule has 27 heavy (non-hydrogen) atoms. The summed E-state index contributed by atoms with van der Waals surface area (Å²) in [6, 6.07) is 10.2. The van der Waals surface area contributed by atoms with Crippen LogP contribution in [0.1, 0.15) is 45.7 Å². The zero-order valence-electron chi connectivity index (χ0n) is 15.9. The van der Waals surface area contributed by atoms with Crippen LogP contribution in [0.25, 0.3) is 0 Å². The van der Waals surface area contributed by atoms with Gasteiger partial charge in [0, 0.05) is 17.9 Å². The van der Waals surface area contributed by atoms with Gasteiger partial charge in [0.05, 0.1) is 11.1 Å². The van der Waals surface area contributed by atoms with E-state index in [1.165, 1.54) is 4.90 Å². The fourth-order valence-electron chi connectivity index (χ4n) is 3.19. The molecule has 0 spiro atoms. The molecule has 1 aliphatic heterocycles. The minimum Gasteiger partial charge on any atom is -0.308 e. The highest BCUT2D eigenvalue weighted by atomic mass is 16.2. The molecule has 4 amide bonds. The Bertz CT molecular complexity index is 914. The van der Waals surface area contributed by atoms with Crippen LogP contribution >= 0.6 is 0 Å². The average molecular weight is 365 g/mol. The van der Waals surface area contributed by atoms with Crippen LogP contribution < -0.4 is 10.6 Å². The van der Waals surface area contributed by atoms with Gasteiger partial charge in [-0.05, 0) is 49.1 Å². The van der Waals surface area contributed by atoms with Crippen LogP contribution in [0.4, 0.5) is 16.2 Å². The number of imide groups is 1. The summed E-state index contributed by atoms with van der Waals surface area (Å²) in [7, 11) is 0. The molecule has 0 aliphatic carbocycles. The van der Waals surface area contributed by atoms with Gasteiger partial charge in [0.1, 0.15) is 0 Å². The van der Waals surface area contributed by atoms with Gasteiger partial charge < -0.3 is 10.6 Å². The summed E-state index contributed by atoms with van der Waals surface area (Å²) in [6.45, 7) is 8.13. The maximum absolute atomic E-state index is 12.5. The largest absolute Gasteiger partial charge is 0.323 e. The summed E-state index contributed by atoms with van der Waals surface area (Å²) >= 11 is 0. The van der Waals surface area contributed by atoms with Crippen molar-refractivity contribution in [2.75, 3.05) is 17.2 Å². The predicted octanol–water partition coefficient (Wildman–Crippen LogP) is 4.20. The molecule has 0 unspecified atom stereocenters. The van der Waals surface area contributed by atoms with Crippen molar-refractivity contribution in [3.8, 4) is 0 Å². The minimum atomic E-state index is -0.400. The van der Waals surface area contributed by atoms with Crippen LogP contribution in [0.3, 0.4) is 0 Å². The molecule has 0 saturated carbocycles. The van der Waals surface area contributed by atoms with Gasteiger partial charge in [-0.1, -0.05) is 32.0 Å². The van der Waals surface area contributed by atoms with Crippen molar-refractivity contribution in [1.82, 2.24) is 4.90 Å². The van der Waals surface area contributed by atoms with E-state index in [9.17, 15) is 14.4 Å². The zero-order valence-corrected chi connectivity index (χ0v) is 15.9. The molecule has 0 radical (unpaired) electrons. The van der Waals surface area contributed by atoms with Gasteiger partial charge in [0.25, 0.3) is 11.8 Å². The molecule has 2 aromatic rings. The summed E-state index contributed by atoms with van der Waals surface area (Å²) in [4.78, 5) is 38.6. The molecule has 6 heteroatoms. The third kappa shape index (κ3) is 3.69. The van der Waals surface area contributed by atoms with Crippen molar-refractivity contribution in [2.24, 2.45) is 5.92 Å². The topological polar surface area (TPSA) is 78.5 Å². The highest BCUT2D eigenvalue weighted by molar-refractivity contribution is 6.22. The molecule has 1 heterocycles. The zero-order chi connectivity index (χ0) is 19.7. The van der Waals surface area contributed by atoms with Crippen LogP contribution in [0, 0.1) is 19.8 Å². The summed E-state index contributed by atoms with van der Waals surface area (Å²) in [5.74, 6) is -0.411. The van der Waals surface area contributed by atoms with E-state index in [0.717, 1.165) is 16.8 Å². The number of hydrogen-bond donors (Lipinski definition) is 2. The number of para-hydroxylation sites is 1. The molecule has 0 atom stereocenters. The van der Waals surface area contributed by atoms with Gasteiger partial charge in [-0.2, -0.15) is 0 Å². The van der Waals surface area contributed by atoms with Crippen LogP contribution in [0.15, 0.2) is 36.4 Å². The van der Waals surface area contributed by atoms with Crippen molar-refractivity contribution < 1.29 is 14.4 Å². The number of nitrogens with zero attached hydrogens (tertiary/aromatic N) is 1. The average Bonchev–Trinajstić information content (AvgIpc) is 2.82. The van der Waals surface area contributed by atoms with E-state index < -0.39 is 6.03 Å². The first-order chi connectivity index (χ1) is 12.8. The number of amides is 4. The van der Waals surface area contributed by atoms with Crippen LogP contribution in [-0.4, -0.2) is 29.3 Å². The Balaban J connectivity index is 1.77. The van der Waals surface area contributed by atoms with E-state index in [0.29, 0.717) is 23.4 Å². The quantitative estimate of drug-likeness (QED) is 0.797. The smallest absolute Gasteiger partial charge is 0.308 e. The Morgan fingerprint density at radius 3 is 2.22 bits per heavy atom. The monoisotopic (exact) mass is 365 g/mol. The molecule has 2 aromatic carbocycles. The fourth-order valence-corrected chi connectivity index (χ4v) is 3.19. The predicted molar refractivity (Wildman–Crippen MR) is 105 cm³/mol. The second-order valence-corrected chi connectivity index (χ2v) is 7.22. The Hall–Kier alpha value is -3.15. The molecule has 6 nitrogen and oxygen atoms in total. The van der Waals surface area contributed by atoms with Crippen molar-refractivity contribution in [3.05, 3.63) is 58.7 Å². The van der Waals surface area contributed by atoms with Crippen LogP contribution in [-0.2, 0) is 0 Å². The van der Waals surface area contributed by atoms with E-state index in [1.54, 1.807) is 18.2 Å². The normalized spacial score (nSPS) is 13.1. The Kier molecular flexibility index (Phi) is 4.99. The second-order valence-electron chi connectivity index (χ2n) is 7.22. The SMILES string of the molecule is Cc1cccc(C)c1NC(=O)Nc1ccc2c(c1)C(=O)N(CC(C)C)C2=O. The standard InChI is InChI=1S/C21H23N3O3/c1-12(2)11-24-19(25)16-9-8-15(10-17(16)20(24)26)22-21(27)23-18-13(3)6-5-7-14(18)4/h5-10,12H,11H2,1-4H3,(H2,22,23,27). The first-order valence-corrected chi connectivity index (χ1v) is 8.92. The Morgan fingerprint density at radius 2 is 1.59 bits per heavy atom. The maximum atomic E-state index is 12.5. The summed E-state index contributed by atoms with van der Waals surface area (Å²) in [5.41, 5.74) is 3.84. The number of benzene rings is 2. The van der Waals surface area contributed by atoms with Gasteiger partial charge in [-0.15, -0.1) is 0 Å². The maximum Gasteiger partial charge on any atom is 0.323 e. The van der Waals surface area contributed by atoms with Gasteiger partial charge in [0.2, 0.25) is 0 Å². The molecule has 0 aromatic heterocycles. The number of hydrogen-bond acceptors (Lipinski definition) is 3. The Morgan fingerprint density at radius 1 is 0.963 bits per heavy atom. The van der Waals surface area contributed by atoms with E-state index in [-0.39, 0.29) is 17.7 Å². The second kappa shape index (κ2) is 7.23. The van der Waals surface area contributed by atoms with Crippen LogP contribution in [0.2, 0.25) is 0 Å². The van der Waals surface area contributed by atoms with Gasteiger partial charge in [0.15, 0.2) is 0 Å². The minimum absolute atomic E-state index is 0.188. The number of carbonyl (C=O) groups excluding carboxylic acids is 3. The molecule has 140 valence electrons. The lowest BCUT2D eigenvalue weighted by Crippen LogP contribution is -2.33. The van der Waals surface area contributed by atoms with E-state index in [2.05, 4.69) is 10.6 Å². The molecular formula is C21H23N3O3. The molecule has 3 rings (SSSR count). The van der Waals surface area contributed by atoms with E-state index >= 15 is 0 Å².